The molecule has 0 unspecified atom stereocenters. The molecule has 0 bridgehead atoms. The highest BCUT2D eigenvalue weighted by molar-refractivity contribution is 6.06. The van der Waals surface area contributed by atoms with E-state index in [2.05, 4.69) is 24.1 Å². The van der Waals surface area contributed by atoms with Crippen molar-refractivity contribution in [2.75, 3.05) is 29.0 Å². The summed E-state index contributed by atoms with van der Waals surface area (Å²) in [5.74, 6) is 0.563. The minimum absolute atomic E-state index is 0.128. The molecular formula is C21H27N3O. The van der Waals surface area contributed by atoms with Crippen LogP contribution in [0.1, 0.15) is 41.3 Å². The van der Waals surface area contributed by atoms with Gasteiger partial charge in [0.2, 0.25) is 0 Å². The molecule has 4 heteroatoms. The Morgan fingerprint density at radius 3 is 2.76 bits per heavy atom. The molecule has 1 heterocycles. The van der Waals surface area contributed by atoms with Crippen LogP contribution in [0.3, 0.4) is 0 Å². The quantitative estimate of drug-likeness (QED) is 0.818. The van der Waals surface area contributed by atoms with Crippen molar-refractivity contribution in [2.24, 2.45) is 5.92 Å². The summed E-state index contributed by atoms with van der Waals surface area (Å²) >= 11 is 0. The fourth-order valence-electron chi connectivity index (χ4n) is 3.56. The highest BCUT2D eigenvalue weighted by Gasteiger charge is 2.19. The van der Waals surface area contributed by atoms with Gasteiger partial charge in [0.25, 0.3) is 5.91 Å². The van der Waals surface area contributed by atoms with Gasteiger partial charge in [-0.25, -0.2) is 0 Å². The van der Waals surface area contributed by atoms with Crippen LogP contribution in [0.25, 0.3) is 0 Å². The molecule has 132 valence electrons. The topological polar surface area (TPSA) is 58.4 Å². The molecule has 0 aromatic heterocycles. The van der Waals surface area contributed by atoms with Crippen LogP contribution in [0.4, 0.5) is 17.1 Å². The number of aryl methyl sites for hydroxylation is 2. The zero-order valence-electron chi connectivity index (χ0n) is 15.3. The molecule has 0 spiro atoms. The largest absolute Gasteiger partial charge is 0.397 e. The monoisotopic (exact) mass is 337 g/mol. The zero-order valence-corrected chi connectivity index (χ0v) is 15.3. The second-order valence-corrected chi connectivity index (χ2v) is 7.24. The first-order chi connectivity index (χ1) is 11.9. The van der Waals surface area contributed by atoms with Crippen LogP contribution in [-0.4, -0.2) is 19.0 Å². The van der Waals surface area contributed by atoms with Crippen LogP contribution < -0.4 is 16.0 Å². The van der Waals surface area contributed by atoms with Gasteiger partial charge in [0, 0.05) is 24.3 Å². The van der Waals surface area contributed by atoms with E-state index in [0.717, 1.165) is 24.2 Å². The third kappa shape index (κ3) is 3.95. The maximum atomic E-state index is 12.6. The first-order valence-corrected chi connectivity index (χ1v) is 8.97. The van der Waals surface area contributed by atoms with Crippen molar-refractivity contribution in [2.45, 2.75) is 33.6 Å². The second-order valence-electron chi connectivity index (χ2n) is 7.24. The van der Waals surface area contributed by atoms with Crippen molar-refractivity contribution < 1.29 is 4.79 Å². The van der Waals surface area contributed by atoms with Gasteiger partial charge >= 0.3 is 0 Å². The number of piperidine rings is 1. The maximum Gasteiger partial charge on any atom is 0.255 e. The number of rotatable bonds is 3. The van der Waals surface area contributed by atoms with Gasteiger partial charge in [-0.1, -0.05) is 24.6 Å². The fourth-order valence-corrected chi connectivity index (χ4v) is 3.56. The van der Waals surface area contributed by atoms with Crippen LogP contribution >= 0.6 is 0 Å². The first kappa shape index (κ1) is 17.3. The molecule has 0 aliphatic carbocycles. The average Bonchev–Trinajstić information content (AvgIpc) is 2.57. The Hall–Kier alpha value is -2.49. The van der Waals surface area contributed by atoms with Gasteiger partial charge in [0.15, 0.2) is 0 Å². The van der Waals surface area contributed by atoms with Crippen LogP contribution in [0, 0.1) is 19.8 Å². The standard InChI is InChI=1S/C21H27N3O/c1-14-6-4-8-17(10-14)21(25)23-19-12-20(16(3)11-18(19)22)24-9-5-7-15(2)13-24/h4,6,8,10-12,15H,5,7,9,13,22H2,1-3H3,(H,23,25)/t15-/m1/s1. The third-order valence-electron chi connectivity index (χ3n) is 4.89. The normalized spacial score (nSPS) is 17.4. The molecule has 25 heavy (non-hydrogen) atoms. The van der Waals surface area contributed by atoms with E-state index in [0.29, 0.717) is 22.9 Å². The van der Waals surface area contributed by atoms with Crippen molar-refractivity contribution in [3.05, 3.63) is 53.1 Å². The van der Waals surface area contributed by atoms with Gasteiger partial charge in [0.05, 0.1) is 11.4 Å². The zero-order chi connectivity index (χ0) is 18.0. The molecule has 1 aliphatic rings. The first-order valence-electron chi connectivity index (χ1n) is 8.97. The number of hydrogen-bond donors (Lipinski definition) is 2. The number of carbonyl (C=O) groups is 1. The summed E-state index contributed by atoms with van der Waals surface area (Å²) in [5, 5.41) is 2.98. The average molecular weight is 337 g/mol. The van der Waals surface area contributed by atoms with E-state index in [-0.39, 0.29) is 5.91 Å². The van der Waals surface area contributed by atoms with Crippen molar-refractivity contribution >= 4 is 23.0 Å². The lowest BCUT2D eigenvalue weighted by molar-refractivity contribution is 0.102. The Morgan fingerprint density at radius 2 is 2.04 bits per heavy atom. The summed E-state index contributed by atoms with van der Waals surface area (Å²) in [4.78, 5) is 15.0. The number of nitrogens with zero attached hydrogens (tertiary/aromatic N) is 1. The molecule has 1 aliphatic heterocycles. The molecule has 1 atom stereocenters. The maximum absolute atomic E-state index is 12.6. The van der Waals surface area contributed by atoms with E-state index < -0.39 is 0 Å². The van der Waals surface area contributed by atoms with Crippen molar-refractivity contribution in [1.29, 1.82) is 0 Å². The fraction of sp³-hybridized carbons (Fsp3) is 0.381. The highest BCUT2D eigenvalue weighted by Crippen LogP contribution is 2.32. The number of nitrogens with one attached hydrogen (secondary N) is 1. The summed E-state index contributed by atoms with van der Waals surface area (Å²) in [7, 11) is 0. The van der Waals surface area contributed by atoms with Crippen LogP contribution in [0.15, 0.2) is 36.4 Å². The summed E-state index contributed by atoms with van der Waals surface area (Å²) in [6.45, 7) is 8.46. The molecule has 1 saturated heterocycles. The van der Waals surface area contributed by atoms with E-state index >= 15 is 0 Å². The van der Waals surface area contributed by atoms with Gasteiger partial charge in [-0.2, -0.15) is 0 Å². The molecule has 3 rings (SSSR count). The second kappa shape index (κ2) is 7.18. The number of anilines is 3. The van der Waals surface area contributed by atoms with E-state index in [9.17, 15) is 4.79 Å². The number of hydrogen-bond acceptors (Lipinski definition) is 3. The minimum atomic E-state index is -0.128. The minimum Gasteiger partial charge on any atom is -0.397 e. The molecular weight excluding hydrogens is 310 g/mol. The van der Waals surface area contributed by atoms with Gasteiger partial charge in [-0.05, 0) is 62.4 Å². The van der Waals surface area contributed by atoms with E-state index in [4.69, 9.17) is 5.73 Å². The van der Waals surface area contributed by atoms with Gasteiger partial charge in [-0.3, -0.25) is 4.79 Å². The van der Waals surface area contributed by atoms with E-state index in [1.165, 1.54) is 18.5 Å². The highest BCUT2D eigenvalue weighted by atomic mass is 16.1. The van der Waals surface area contributed by atoms with Gasteiger partial charge in [-0.15, -0.1) is 0 Å². The molecule has 1 fully saturated rings. The van der Waals surface area contributed by atoms with Gasteiger partial charge in [0.1, 0.15) is 0 Å². The Bertz CT molecular complexity index is 785. The van der Waals surface area contributed by atoms with Gasteiger partial charge < -0.3 is 16.0 Å². The smallest absolute Gasteiger partial charge is 0.255 e. The lowest BCUT2D eigenvalue weighted by Crippen LogP contribution is -2.34. The predicted octanol–water partition coefficient (Wildman–Crippen LogP) is 4.37. The molecule has 2 aromatic carbocycles. The van der Waals surface area contributed by atoms with Crippen molar-refractivity contribution in [3.63, 3.8) is 0 Å². The Balaban J connectivity index is 1.86. The van der Waals surface area contributed by atoms with Crippen molar-refractivity contribution in [1.82, 2.24) is 0 Å². The summed E-state index contributed by atoms with van der Waals surface area (Å²) in [6, 6.07) is 11.6. The lowest BCUT2D eigenvalue weighted by atomic mass is 9.98. The number of nitrogens with two attached hydrogens (primary N) is 1. The Labute approximate surface area is 150 Å². The summed E-state index contributed by atoms with van der Waals surface area (Å²) in [6.07, 6.45) is 2.48. The predicted molar refractivity (Wildman–Crippen MR) is 105 cm³/mol. The molecule has 4 nitrogen and oxygen atoms in total. The number of nitrogen functional groups attached to an aromatic ring is 1. The molecule has 0 radical (unpaired) electrons. The van der Waals surface area contributed by atoms with E-state index in [1.54, 1.807) is 0 Å². The lowest BCUT2D eigenvalue weighted by Gasteiger charge is -2.34. The third-order valence-corrected chi connectivity index (χ3v) is 4.89. The molecule has 2 aromatic rings. The Kier molecular flexibility index (Phi) is 4.98. The van der Waals surface area contributed by atoms with Crippen LogP contribution in [-0.2, 0) is 0 Å². The Morgan fingerprint density at radius 1 is 1.24 bits per heavy atom. The van der Waals surface area contributed by atoms with Crippen LogP contribution in [0.5, 0.6) is 0 Å². The number of carbonyl (C=O) groups excluding carboxylic acids is 1. The molecule has 0 saturated carbocycles. The molecule has 1 amide bonds. The molecule has 3 N–H and O–H groups in total. The van der Waals surface area contributed by atoms with E-state index in [1.807, 2.05) is 43.3 Å². The number of benzene rings is 2. The summed E-state index contributed by atoms with van der Waals surface area (Å²) in [5.41, 5.74) is 11.5. The number of amides is 1. The SMILES string of the molecule is Cc1cccc(C(=O)Nc2cc(N3CCC[C@@H](C)C3)c(C)cc2N)c1. The van der Waals surface area contributed by atoms with Crippen LogP contribution in [0.2, 0.25) is 0 Å². The van der Waals surface area contributed by atoms with Crippen molar-refractivity contribution in [3.8, 4) is 0 Å². The summed E-state index contributed by atoms with van der Waals surface area (Å²) < 4.78 is 0.